The molecule has 0 spiro atoms. The van der Waals surface area contributed by atoms with Gasteiger partial charge in [-0.25, -0.2) is 0 Å². The lowest BCUT2D eigenvalue weighted by Crippen LogP contribution is -2.21. The molecule has 0 atom stereocenters. The Morgan fingerprint density at radius 2 is 2.32 bits per heavy atom. The smallest absolute Gasteiger partial charge is 0.243 e. The maximum Gasteiger partial charge on any atom is 0.243 e. The molecule has 0 saturated heterocycles. The SMILES string of the molecule is CN(C)C/C=C/C(=O)NCc1ccnc(C2CC2)c1. The van der Waals surface area contributed by atoms with Crippen LogP contribution in [0.5, 0.6) is 0 Å². The van der Waals surface area contributed by atoms with Crippen molar-refractivity contribution in [2.45, 2.75) is 25.3 Å². The Morgan fingerprint density at radius 1 is 1.53 bits per heavy atom. The first-order valence-corrected chi connectivity index (χ1v) is 6.69. The molecule has 1 N–H and O–H groups in total. The number of pyridine rings is 1. The molecule has 1 aliphatic rings. The van der Waals surface area contributed by atoms with Crippen molar-refractivity contribution < 1.29 is 4.79 Å². The average Bonchev–Trinajstić information content (AvgIpc) is 3.20. The van der Waals surface area contributed by atoms with Crippen molar-refractivity contribution in [1.82, 2.24) is 15.2 Å². The molecule has 1 aromatic heterocycles. The second-order valence-corrected chi connectivity index (χ2v) is 5.25. The molecule has 4 nitrogen and oxygen atoms in total. The minimum atomic E-state index is -0.0494. The summed E-state index contributed by atoms with van der Waals surface area (Å²) in [5, 5.41) is 2.89. The molecule has 1 heterocycles. The number of aromatic nitrogens is 1. The third-order valence-electron chi connectivity index (χ3n) is 3.05. The highest BCUT2D eigenvalue weighted by molar-refractivity contribution is 5.87. The molecular formula is C15H21N3O. The fraction of sp³-hybridized carbons (Fsp3) is 0.467. The van der Waals surface area contributed by atoms with E-state index in [1.54, 1.807) is 6.08 Å². The number of likely N-dealkylation sites (N-methyl/N-ethyl adjacent to an activating group) is 1. The Morgan fingerprint density at radius 3 is 3.00 bits per heavy atom. The topological polar surface area (TPSA) is 45.2 Å². The molecule has 102 valence electrons. The number of hydrogen-bond donors (Lipinski definition) is 1. The second kappa shape index (κ2) is 6.48. The molecule has 0 unspecified atom stereocenters. The molecule has 2 rings (SSSR count). The van der Waals surface area contributed by atoms with Crippen LogP contribution in [0.2, 0.25) is 0 Å². The third-order valence-corrected chi connectivity index (χ3v) is 3.05. The number of nitrogens with one attached hydrogen (secondary N) is 1. The van der Waals surface area contributed by atoms with Gasteiger partial charge in [0.05, 0.1) is 0 Å². The highest BCUT2D eigenvalue weighted by Gasteiger charge is 2.24. The van der Waals surface area contributed by atoms with Gasteiger partial charge in [-0.15, -0.1) is 0 Å². The lowest BCUT2D eigenvalue weighted by atomic mass is 10.2. The highest BCUT2D eigenvalue weighted by atomic mass is 16.1. The van der Waals surface area contributed by atoms with Crippen LogP contribution in [0.4, 0.5) is 0 Å². The summed E-state index contributed by atoms with van der Waals surface area (Å²) in [5.41, 5.74) is 2.28. The quantitative estimate of drug-likeness (QED) is 0.791. The molecule has 1 saturated carbocycles. The zero-order valence-corrected chi connectivity index (χ0v) is 11.6. The molecule has 1 aliphatic carbocycles. The maximum absolute atomic E-state index is 11.6. The first kappa shape index (κ1) is 13.7. The predicted molar refractivity (Wildman–Crippen MR) is 75.8 cm³/mol. The minimum absolute atomic E-state index is 0.0494. The normalized spacial score (nSPS) is 15.1. The van der Waals surface area contributed by atoms with Crippen molar-refractivity contribution in [2.75, 3.05) is 20.6 Å². The fourth-order valence-corrected chi connectivity index (χ4v) is 1.83. The van der Waals surface area contributed by atoms with Gasteiger partial charge in [-0.3, -0.25) is 9.78 Å². The molecule has 0 radical (unpaired) electrons. The number of nitrogens with zero attached hydrogens (tertiary/aromatic N) is 2. The molecule has 4 heteroatoms. The van der Waals surface area contributed by atoms with E-state index in [1.807, 2.05) is 37.3 Å². The van der Waals surface area contributed by atoms with Gasteiger partial charge in [0.1, 0.15) is 0 Å². The van der Waals surface area contributed by atoms with Crippen molar-refractivity contribution in [3.63, 3.8) is 0 Å². The zero-order valence-electron chi connectivity index (χ0n) is 11.6. The molecule has 1 aromatic rings. The van der Waals surface area contributed by atoms with Crippen LogP contribution in [-0.2, 0) is 11.3 Å². The van der Waals surface area contributed by atoms with E-state index in [2.05, 4.69) is 16.4 Å². The van der Waals surface area contributed by atoms with Crippen LogP contribution in [0.25, 0.3) is 0 Å². The number of hydrogen-bond acceptors (Lipinski definition) is 3. The summed E-state index contributed by atoms with van der Waals surface area (Å²) >= 11 is 0. The number of amides is 1. The van der Waals surface area contributed by atoms with E-state index in [-0.39, 0.29) is 5.91 Å². The molecule has 19 heavy (non-hydrogen) atoms. The summed E-state index contributed by atoms with van der Waals surface area (Å²) in [4.78, 5) is 18.0. The van der Waals surface area contributed by atoms with E-state index >= 15 is 0 Å². The van der Waals surface area contributed by atoms with Gasteiger partial charge in [0, 0.05) is 37.0 Å². The molecule has 0 bridgehead atoms. The van der Waals surface area contributed by atoms with Gasteiger partial charge >= 0.3 is 0 Å². The number of carbonyl (C=O) groups excluding carboxylic acids is 1. The first-order valence-electron chi connectivity index (χ1n) is 6.69. The Hall–Kier alpha value is -1.68. The molecular weight excluding hydrogens is 238 g/mol. The van der Waals surface area contributed by atoms with Gasteiger partial charge in [-0.2, -0.15) is 0 Å². The summed E-state index contributed by atoms with van der Waals surface area (Å²) in [5.74, 6) is 0.599. The van der Waals surface area contributed by atoms with Gasteiger partial charge < -0.3 is 10.2 Å². The lowest BCUT2D eigenvalue weighted by molar-refractivity contribution is -0.116. The van der Waals surface area contributed by atoms with Crippen molar-refractivity contribution in [3.8, 4) is 0 Å². The largest absolute Gasteiger partial charge is 0.348 e. The molecule has 0 aromatic carbocycles. The predicted octanol–water partition coefficient (Wildman–Crippen LogP) is 1.69. The highest BCUT2D eigenvalue weighted by Crippen LogP contribution is 2.38. The number of rotatable bonds is 6. The maximum atomic E-state index is 11.6. The van der Waals surface area contributed by atoms with Crippen molar-refractivity contribution in [2.24, 2.45) is 0 Å². The van der Waals surface area contributed by atoms with E-state index < -0.39 is 0 Å². The van der Waals surface area contributed by atoms with Crippen molar-refractivity contribution in [1.29, 1.82) is 0 Å². The molecule has 1 amide bonds. The van der Waals surface area contributed by atoms with Crippen LogP contribution in [0.1, 0.15) is 30.0 Å². The summed E-state index contributed by atoms with van der Waals surface area (Å²) in [6, 6.07) is 4.05. The van der Waals surface area contributed by atoms with Crippen LogP contribution in [0.15, 0.2) is 30.5 Å². The molecule has 1 fully saturated rings. The first-order chi connectivity index (χ1) is 9.15. The second-order valence-electron chi connectivity index (χ2n) is 5.25. The summed E-state index contributed by atoms with van der Waals surface area (Å²) in [7, 11) is 3.94. The third kappa shape index (κ3) is 4.83. The molecule has 0 aliphatic heterocycles. The number of carbonyl (C=O) groups is 1. The van der Waals surface area contributed by atoms with Crippen LogP contribution >= 0.6 is 0 Å². The minimum Gasteiger partial charge on any atom is -0.348 e. The summed E-state index contributed by atoms with van der Waals surface area (Å²) < 4.78 is 0. The van der Waals surface area contributed by atoms with E-state index in [1.165, 1.54) is 12.8 Å². The Bertz CT molecular complexity index is 464. The Kier molecular flexibility index (Phi) is 4.68. The van der Waals surface area contributed by atoms with E-state index in [0.29, 0.717) is 12.5 Å². The van der Waals surface area contributed by atoms with Crippen molar-refractivity contribution in [3.05, 3.63) is 41.7 Å². The van der Waals surface area contributed by atoms with Crippen LogP contribution in [0.3, 0.4) is 0 Å². The lowest BCUT2D eigenvalue weighted by Gasteiger charge is -2.05. The summed E-state index contributed by atoms with van der Waals surface area (Å²) in [6.07, 6.45) is 7.77. The van der Waals surface area contributed by atoms with Crippen molar-refractivity contribution >= 4 is 5.91 Å². The van der Waals surface area contributed by atoms with Crippen LogP contribution in [0, 0.1) is 0 Å². The standard InChI is InChI=1S/C15H21N3O/c1-18(2)9-3-4-15(19)17-11-12-7-8-16-14(10-12)13-5-6-13/h3-4,7-8,10,13H,5-6,9,11H2,1-2H3,(H,17,19)/b4-3+. The van der Waals surface area contributed by atoms with E-state index in [0.717, 1.165) is 17.8 Å². The monoisotopic (exact) mass is 259 g/mol. The Balaban J connectivity index is 1.79. The van der Waals surface area contributed by atoms with Gasteiger partial charge in [0.15, 0.2) is 0 Å². The zero-order chi connectivity index (χ0) is 13.7. The van der Waals surface area contributed by atoms with Crippen LogP contribution in [-0.4, -0.2) is 36.4 Å². The van der Waals surface area contributed by atoms with Gasteiger partial charge in [0.2, 0.25) is 5.91 Å². The van der Waals surface area contributed by atoms with Gasteiger partial charge in [0.25, 0.3) is 0 Å². The van der Waals surface area contributed by atoms with Crippen LogP contribution < -0.4 is 5.32 Å². The van der Waals surface area contributed by atoms with E-state index in [4.69, 9.17) is 0 Å². The fourth-order valence-electron chi connectivity index (χ4n) is 1.83. The average molecular weight is 259 g/mol. The van der Waals surface area contributed by atoms with Gasteiger partial charge in [-0.05, 0) is 44.6 Å². The Labute approximate surface area is 114 Å². The van der Waals surface area contributed by atoms with E-state index in [9.17, 15) is 4.79 Å². The van der Waals surface area contributed by atoms with Gasteiger partial charge in [-0.1, -0.05) is 6.08 Å². The summed E-state index contributed by atoms with van der Waals surface area (Å²) in [6.45, 7) is 1.34.